The van der Waals surface area contributed by atoms with E-state index >= 15 is 0 Å². The highest BCUT2D eigenvalue weighted by Gasteiger charge is 2.06. The first-order valence-electron chi connectivity index (χ1n) is 6.74. The van der Waals surface area contributed by atoms with Crippen LogP contribution >= 0.6 is 0 Å². The number of carbonyl (C=O) groups is 1. The molecular formula is C17H15N3O. The summed E-state index contributed by atoms with van der Waals surface area (Å²) in [6.45, 7) is 0.513. The van der Waals surface area contributed by atoms with Gasteiger partial charge in [0.2, 0.25) is 0 Å². The summed E-state index contributed by atoms with van der Waals surface area (Å²) < 4.78 is 1.89. The summed E-state index contributed by atoms with van der Waals surface area (Å²) in [4.78, 5) is 16.4. The Morgan fingerprint density at radius 3 is 2.43 bits per heavy atom. The molecule has 2 heterocycles. The van der Waals surface area contributed by atoms with Crippen LogP contribution in [0.25, 0.3) is 5.82 Å². The van der Waals surface area contributed by atoms with Crippen molar-refractivity contribution in [3.63, 3.8) is 0 Å². The number of hydrogen-bond acceptors (Lipinski definition) is 2. The summed E-state index contributed by atoms with van der Waals surface area (Å²) >= 11 is 0. The van der Waals surface area contributed by atoms with Gasteiger partial charge in [0.05, 0.1) is 5.56 Å². The Hall–Kier alpha value is -2.88. The molecule has 1 N–H and O–H groups in total. The number of aromatic nitrogens is 2. The molecule has 0 bridgehead atoms. The normalized spacial score (nSPS) is 10.3. The molecule has 3 aromatic rings. The number of nitrogens with one attached hydrogen (secondary N) is 1. The van der Waals surface area contributed by atoms with Crippen LogP contribution in [0.15, 0.2) is 73.2 Å². The summed E-state index contributed by atoms with van der Waals surface area (Å²) in [5.41, 5.74) is 1.63. The lowest BCUT2D eigenvalue weighted by molar-refractivity contribution is 0.0950. The fourth-order valence-corrected chi connectivity index (χ4v) is 2.04. The third kappa shape index (κ3) is 3.17. The monoisotopic (exact) mass is 277 g/mol. The molecule has 0 radical (unpaired) electrons. The minimum Gasteiger partial charge on any atom is -0.348 e. The second kappa shape index (κ2) is 6.05. The molecule has 0 aliphatic heterocycles. The molecule has 3 rings (SSSR count). The number of carbonyl (C=O) groups excluding carboxylic acids is 1. The van der Waals surface area contributed by atoms with Crippen molar-refractivity contribution in [2.45, 2.75) is 6.54 Å². The lowest BCUT2D eigenvalue weighted by Gasteiger charge is -2.06. The van der Waals surface area contributed by atoms with Crippen LogP contribution in [-0.2, 0) is 6.54 Å². The molecule has 0 spiro atoms. The van der Waals surface area contributed by atoms with E-state index in [1.165, 1.54) is 0 Å². The van der Waals surface area contributed by atoms with Crippen LogP contribution in [0.4, 0.5) is 0 Å². The van der Waals surface area contributed by atoms with E-state index in [0.29, 0.717) is 12.1 Å². The molecule has 0 aliphatic rings. The van der Waals surface area contributed by atoms with Crippen molar-refractivity contribution in [1.29, 1.82) is 0 Å². The molecule has 0 fully saturated rings. The van der Waals surface area contributed by atoms with Gasteiger partial charge >= 0.3 is 0 Å². The quantitative estimate of drug-likeness (QED) is 0.797. The predicted octanol–water partition coefficient (Wildman–Crippen LogP) is 2.80. The van der Waals surface area contributed by atoms with E-state index in [4.69, 9.17) is 0 Å². The molecule has 21 heavy (non-hydrogen) atoms. The largest absolute Gasteiger partial charge is 0.348 e. The SMILES string of the molecule is O=C(NCc1ccccc1)c1ccc(-n2cccc2)nc1. The van der Waals surface area contributed by atoms with Gasteiger partial charge in [-0.1, -0.05) is 30.3 Å². The number of benzene rings is 1. The van der Waals surface area contributed by atoms with Gasteiger partial charge in [-0.15, -0.1) is 0 Å². The molecule has 0 unspecified atom stereocenters. The van der Waals surface area contributed by atoms with Gasteiger partial charge in [0.1, 0.15) is 5.82 Å². The summed E-state index contributed by atoms with van der Waals surface area (Å²) in [5.74, 6) is 0.671. The Bertz CT molecular complexity index is 704. The van der Waals surface area contributed by atoms with E-state index < -0.39 is 0 Å². The number of nitrogens with zero attached hydrogens (tertiary/aromatic N) is 2. The Morgan fingerprint density at radius 2 is 1.76 bits per heavy atom. The van der Waals surface area contributed by atoms with Crippen molar-refractivity contribution in [3.8, 4) is 5.82 Å². The maximum atomic E-state index is 12.1. The summed E-state index contributed by atoms with van der Waals surface area (Å²) in [7, 11) is 0. The summed E-state index contributed by atoms with van der Waals surface area (Å²) in [6.07, 6.45) is 5.42. The molecule has 2 aromatic heterocycles. The Morgan fingerprint density at radius 1 is 1.00 bits per heavy atom. The fourth-order valence-electron chi connectivity index (χ4n) is 2.04. The number of amides is 1. The molecule has 4 heteroatoms. The third-order valence-electron chi connectivity index (χ3n) is 3.17. The van der Waals surface area contributed by atoms with E-state index in [0.717, 1.165) is 11.4 Å². The van der Waals surface area contributed by atoms with E-state index in [1.807, 2.05) is 65.5 Å². The molecule has 0 saturated heterocycles. The van der Waals surface area contributed by atoms with Crippen LogP contribution in [0.1, 0.15) is 15.9 Å². The second-order valence-electron chi connectivity index (χ2n) is 4.66. The van der Waals surface area contributed by atoms with E-state index in [9.17, 15) is 4.79 Å². The number of rotatable bonds is 4. The maximum absolute atomic E-state index is 12.1. The molecule has 0 atom stereocenters. The van der Waals surface area contributed by atoms with Crippen molar-refractivity contribution < 1.29 is 4.79 Å². The molecule has 1 amide bonds. The topological polar surface area (TPSA) is 46.9 Å². The lowest BCUT2D eigenvalue weighted by Crippen LogP contribution is -2.22. The highest BCUT2D eigenvalue weighted by molar-refractivity contribution is 5.93. The molecular weight excluding hydrogens is 262 g/mol. The Labute approximate surface area is 123 Å². The van der Waals surface area contributed by atoms with Crippen LogP contribution in [0, 0.1) is 0 Å². The highest BCUT2D eigenvalue weighted by atomic mass is 16.1. The van der Waals surface area contributed by atoms with Gasteiger partial charge in [-0.3, -0.25) is 4.79 Å². The zero-order chi connectivity index (χ0) is 14.5. The average molecular weight is 277 g/mol. The second-order valence-corrected chi connectivity index (χ2v) is 4.66. The maximum Gasteiger partial charge on any atom is 0.253 e. The first-order valence-corrected chi connectivity index (χ1v) is 6.74. The first kappa shape index (κ1) is 13.1. The molecule has 4 nitrogen and oxygen atoms in total. The average Bonchev–Trinajstić information content (AvgIpc) is 3.08. The fraction of sp³-hybridized carbons (Fsp3) is 0.0588. The summed E-state index contributed by atoms with van der Waals surface area (Å²) in [5, 5.41) is 2.88. The molecule has 104 valence electrons. The number of pyridine rings is 1. The minimum absolute atomic E-state index is 0.120. The Balaban J connectivity index is 1.65. The highest BCUT2D eigenvalue weighted by Crippen LogP contribution is 2.06. The van der Waals surface area contributed by atoms with Crippen LogP contribution in [0.2, 0.25) is 0 Å². The predicted molar refractivity (Wildman–Crippen MR) is 81.2 cm³/mol. The van der Waals surface area contributed by atoms with E-state index in [1.54, 1.807) is 12.3 Å². The van der Waals surface area contributed by atoms with Gasteiger partial charge in [0, 0.05) is 25.1 Å². The van der Waals surface area contributed by atoms with Gasteiger partial charge in [-0.25, -0.2) is 4.98 Å². The zero-order valence-corrected chi connectivity index (χ0v) is 11.4. The van der Waals surface area contributed by atoms with Crippen molar-refractivity contribution in [2.24, 2.45) is 0 Å². The van der Waals surface area contributed by atoms with E-state index in [-0.39, 0.29) is 5.91 Å². The van der Waals surface area contributed by atoms with Gasteiger partial charge in [-0.2, -0.15) is 0 Å². The van der Waals surface area contributed by atoms with Crippen molar-refractivity contribution in [3.05, 3.63) is 84.3 Å². The van der Waals surface area contributed by atoms with Crippen molar-refractivity contribution in [2.75, 3.05) is 0 Å². The zero-order valence-electron chi connectivity index (χ0n) is 11.4. The minimum atomic E-state index is -0.120. The van der Waals surface area contributed by atoms with Gasteiger partial charge in [0.15, 0.2) is 0 Å². The summed E-state index contributed by atoms with van der Waals surface area (Å²) in [6, 6.07) is 17.3. The lowest BCUT2D eigenvalue weighted by atomic mass is 10.2. The molecule has 0 aliphatic carbocycles. The number of hydrogen-bond donors (Lipinski definition) is 1. The standard InChI is InChI=1S/C17H15N3O/c21-17(19-12-14-6-2-1-3-7-14)15-8-9-16(18-13-15)20-10-4-5-11-20/h1-11,13H,12H2,(H,19,21). The van der Waals surface area contributed by atoms with Gasteiger partial charge in [0.25, 0.3) is 5.91 Å². The van der Waals surface area contributed by atoms with Crippen LogP contribution in [-0.4, -0.2) is 15.5 Å². The first-order chi connectivity index (χ1) is 10.3. The van der Waals surface area contributed by atoms with Crippen molar-refractivity contribution >= 4 is 5.91 Å². The molecule has 0 saturated carbocycles. The van der Waals surface area contributed by atoms with Crippen LogP contribution in [0.3, 0.4) is 0 Å². The van der Waals surface area contributed by atoms with Crippen molar-refractivity contribution in [1.82, 2.24) is 14.9 Å². The van der Waals surface area contributed by atoms with E-state index in [2.05, 4.69) is 10.3 Å². The molecule has 1 aromatic carbocycles. The van der Waals surface area contributed by atoms with Crippen LogP contribution in [0.5, 0.6) is 0 Å². The smallest absolute Gasteiger partial charge is 0.253 e. The third-order valence-corrected chi connectivity index (χ3v) is 3.17. The van der Waals surface area contributed by atoms with Crippen LogP contribution < -0.4 is 5.32 Å². The Kier molecular flexibility index (Phi) is 3.78. The van der Waals surface area contributed by atoms with Gasteiger partial charge < -0.3 is 9.88 Å². The van der Waals surface area contributed by atoms with Gasteiger partial charge in [-0.05, 0) is 29.8 Å².